The van der Waals surface area contributed by atoms with Gasteiger partial charge in [-0.05, 0) is 45.4 Å². The van der Waals surface area contributed by atoms with Crippen LogP contribution in [-0.2, 0) is 11.3 Å². The first-order valence-corrected chi connectivity index (χ1v) is 6.59. The van der Waals surface area contributed by atoms with Crippen molar-refractivity contribution in [2.45, 2.75) is 58.0 Å². The summed E-state index contributed by atoms with van der Waals surface area (Å²) in [5.41, 5.74) is 5.56. The van der Waals surface area contributed by atoms with Gasteiger partial charge in [0.25, 0.3) is 0 Å². The Bertz CT molecular complexity index is 471. The van der Waals surface area contributed by atoms with Crippen LogP contribution in [0, 0.1) is 5.82 Å². The van der Waals surface area contributed by atoms with Gasteiger partial charge in [0.2, 0.25) is 0 Å². The van der Waals surface area contributed by atoms with Gasteiger partial charge in [0.1, 0.15) is 11.7 Å². The molecule has 3 nitrogen and oxygen atoms in total. The zero-order valence-electron chi connectivity index (χ0n) is 12.0. The lowest BCUT2D eigenvalue weighted by atomic mass is 9.97. The summed E-state index contributed by atoms with van der Waals surface area (Å²) < 4.78 is 25.7. The van der Waals surface area contributed by atoms with Gasteiger partial charge in [-0.2, -0.15) is 0 Å². The van der Waals surface area contributed by atoms with E-state index in [1.54, 1.807) is 12.1 Å². The van der Waals surface area contributed by atoms with Gasteiger partial charge in [-0.15, -0.1) is 0 Å². The third-order valence-electron chi connectivity index (χ3n) is 3.49. The normalized spacial score (nSPS) is 24.4. The number of halogens is 1. The van der Waals surface area contributed by atoms with E-state index in [4.69, 9.17) is 15.2 Å². The smallest absolute Gasteiger partial charge is 0.165 e. The Balaban J connectivity index is 2.18. The molecule has 1 aromatic carbocycles. The fraction of sp³-hybridized carbons (Fsp3) is 0.600. The Morgan fingerprint density at radius 2 is 2.05 bits per heavy atom. The summed E-state index contributed by atoms with van der Waals surface area (Å²) in [7, 11) is 0. The van der Waals surface area contributed by atoms with Crippen LogP contribution in [0.25, 0.3) is 0 Å². The van der Waals surface area contributed by atoms with Gasteiger partial charge in [0, 0.05) is 13.0 Å². The molecule has 1 aliphatic rings. The molecule has 0 radical (unpaired) electrons. The second-order valence-corrected chi connectivity index (χ2v) is 6.24. The summed E-state index contributed by atoms with van der Waals surface area (Å²) in [5.74, 6) is -0.111. The number of hydrogen-bond acceptors (Lipinski definition) is 3. The molecule has 19 heavy (non-hydrogen) atoms. The molecule has 0 aromatic heterocycles. The van der Waals surface area contributed by atoms with Gasteiger partial charge in [-0.3, -0.25) is 0 Å². The highest BCUT2D eigenvalue weighted by Gasteiger charge is 2.47. The summed E-state index contributed by atoms with van der Waals surface area (Å²) >= 11 is 0. The monoisotopic (exact) mass is 267 g/mol. The van der Waals surface area contributed by atoms with Crippen molar-refractivity contribution in [2.24, 2.45) is 5.73 Å². The molecular weight excluding hydrogens is 245 g/mol. The van der Waals surface area contributed by atoms with E-state index in [0.717, 1.165) is 12.0 Å². The molecule has 0 bridgehead atoms. The third-order valence-corrected chi connectivity index (χ3v) is 3.49. The third kappa shape index (κ3) is 3.07. The van der Waals surface area contributed by atoms with Gasteiger partial charge in [0.05, 0.1) is 5.60 Å². The van der Waals surface area contributed by atoms with Crippen LogP contribution >= 0.6 is 0 Å². The van der Waals surface area contributed by atoms with Crippen molar-refractivity contribution in [3.8, 4) is 5.75 Å². The summed E-state index contributed by atoms with van der Waals surface area (Å²) in [5, 5.41) is 0. The Kier molecular flexibility index (Phi) is 3.58. The van der Waals surface area contributed by atoms with Crippen LogP contribution in [0.15, 0.2) is 18.2 Å². The van der Waals surface area contributed by atoms with Crippen LogP contribution < -0.4 is 10.5 Å². The highest BCUT2D eigenvalue weighted by Crippen LogP contribution is 2.39. The van der Waals surface area contributed by atoms with Crippen LogP contribution in [0.4, 0.5) is 4.39 Å². The second kappa shape index (κ2) is 4.76. The number of nitrogens with two attached hydrogens (primary N) is 1. The van der Waals surface area contributed by atoms with Crippen molar-refractivity contribution >= 4 is 0 Å². The van der Waals surface area contributed by atoms with E-state index in [-0.39, 0.29) is 23.3 Å². The van der Waals surface area contributed by atoms with Crippen molar-refractivity contribution in [1.82, 2.24) is 0 Å². The van der Waals surface area contributed by atoms with E-state index in [1.807, 2.05) is 27.7 Å². The molecule has 1 unspecified atom stereocenters. The molecular formula is C15H22FNO2. The number of hydrogen-bond donors (Lipinski definition) is 1. The van der Waals surface area contributed by atoms with E-state index in [2.05, 4.69) is 0 Å². The van der Waals surface area contributed by atoms with Crippen LogP contribution in [0.2, 0.25) is 0 Å². The minimum atomic E-state index is -0.428. The van der Waals surface area contributed by atoms with Gasteiger partial charge in [-0.1, -0.05) is 6.07 Å². The molecule has 1 saturated heterocycles. The lowest BCUT2D eigenvalue weighted by Crippen LogP contribution is -2.36. The molecule has 1 aliphatic heterocycles. The van der Waals surface area contributed by atoms with E-state index in [9.17, 15) is 4.39 Å². The highest BCUT2D eigenvalue weighted by molar-refractivity contribution is 5.29. The van der Waals surface area contributed by atoms with Crippen molar-refractivity contribution in [3.63, 3.8) is 0 Å². The van der Waals surface area contributed by atoms with Crippen molar-refractivity contribution in [2.75, 3.05) is 0 Å². The van der Waals surface area contributed by atoms with Crippen LogP contribution in [0.3, 0.4) is 0 Å². The Hall–Kier alpha value is -1.13. The lowest BCUT2D eigenvalue weighted by molar-refractivity contribution is -0.0849. The molecule has 106 valence electrons. The molecule has 0 spiro atoms. The molecule has 1 heterocycles. The predicted molar refractivity (Wildman–Crippen MR) is 72.6 cm³/mol. The van der Waals surface area contributed by atoms with Crippen molar-refractivity contribution in [3.05, 3.63) is 29.6 Å². The molecule has 2 N–H and O–H groups in total. The summed E-state index contributed by atoms with van der Waals surface area (Å²) in [6.45, 7) is 8.30. The van der Waals surface area contributed by atoms with Gasteiger partial charge in [0.15, 0.2) is 11.6 Å². The van der Waals surface area contributed by atoms with Crippen LogP contribution in [0.5, 0.6) is 5.75 Å². The largest absolute Gasteiger partial charge is 0.484 e. The molecule has 0 amide bonds. The fourth-order valence-corrected chi connectivity index (χ4v) is 2.62. The topological polar surface area (TPSA) is 44.5 Å². The number of benzene rings is 1. The molecule has 1 atom stereocenters. The van der Waals surface area contributed by atoms with E-state index < -0.39 is 5.60 Å². The maximum absolute atomic E-state index is 13.9. The zero-order chi connectivity index (χ0) is 14.3. The molecule has 4 heteroatoms. The molecule has 0 saturated carbocycles. The van der Waals surface area contributed by atoms with Crippen molar-refractivity contribution < 1.29 is 13.9 Å². The average Bonchev–Trinajstić information content (AvgIpc) is 2.49. The first kappa shape index (κ1) is 14.3. The molecule has 1 aromatic rings. The predicted octanol–water partition coefficient (Wildman–Crippen LogP) is 3.01. The minimum absolute atomic E-state index is 0.166. The minimum Gasteiger partial charge on any atom is -0.484 e. The summed E-state index contributed by atoms with van der Waals surface area (Å²) in [4.78, 5) is 0. The zero-order valence-corrected chi connectivity index (χ0v) is 12.0. The highest BCUT2D eigenvalue weighted by atomic mass is 19.1. The maximum Gasteiger partial charge on any atom is 0.165 e. The van der Waals surface area contributed by atoms with E-state index >= 15 is 0 Å². The Labute approximate surface area is 113 Å². The van der Waals surface area contributed by atoms with Crippen LogP contribution in [0.1, 0.15) is 39.7 Å². The van der Waals surface area contributed by atoms with Crippen LogP contribution in [-0.4, -0.2) is 17.3 Å². The second-order valence-electron chi connectivity index (χ2n) is 6.24. The van der Waals surface area contributed by atoms with Crippen molar-refractivity contribution in [1.29, 1.82) is 0 Å². The molecule has 1 fully saturated rings. The van der Waals surface area contributed by atoms with Gasteiger partial charge >= 0.3 is 0 Å². The lowest BCUT2D eigenvalue weighted by Gasteiger charge is -2.27. The van der Waals surface area contributed by atoms with Gasteiger partial charge in [-0.25, -0.2) is 4.39 Å². The first-order valence-electron chi connectivity index (χ1n) is 6.59. The standard InChI is InChI=1S/C15H22FNO2/c1-14(2)8-13(15(3,4)19-14)18-12-6-5-10(9-17)7-11(12)16/h5-7,13H,8-9,17H2,1-4H3. The summed E-state index contributed by atoms with van der Waals surface area (Å²) in [6, 6.07) is 4.84. The van der Waals surface area contributed by atoms with E-state index in [1.165, 1.54) is 6.07 Å². The molecule has 0 aliphatic carbocycles. The summed E-state index contributed by atoms with van der Waals surface area (Å²) in [6.07, 6.45) is 0.568. The Morgan fingerprint density at radius 3 is 2.53 bits per heavy atom. The molecule has 2 rings (SSSR count). The number of ether oxygens (including phenoxy) is 2. The fourth-order valence-electron chi connectivity index (χ4n) is 2.62. The average molecular weight is 267 g/mol. The number of rotatable bonds is 3. The first-order chi connectivity index (χ1) is 8.73. The quantitative estimate of drug-likeness (QED) is 0.915. The Morgan fingerprint density at radius 1 is 1.37 bits per heavy atom. The van der Waals surface area contributed by atoms with E-state index in [0.29, 0.717) is 6.54 Å². The van der Waals surface area contributed by atoms with Gasteiger partial charge < -0.3 is 15.2 Å². The maximum atomic E-state index is 13.9. The SMILES string of the molecule is CC1(C)CC(Oc2ccc(CN)cc2F)C(C)(C)O1.